The Hall–Kier alpha value is -1.18. The minimum Gasteiger partial charge on any atom is -0.481 e. The van der Waals surface area contributed by atoms with Crippen molar-refractivity contribution in [2.75, 3.05) is 6.61 Å². The number of sulfone groups is 1. The lowest BCUT2D eigenvalue weighted by Gasteiger charge is -2.13. The molecule has 0 aliphatic heterocycles. The largest absolute Gasteiger partial charge is 0.481 e. The van der Waals surface area contributed by atoms with Crippen LogP contribution in [0.5, 0.6) is 0 Å². The minimum atomic E-state index is -3.87. The zero-order chi connectivity index (χ0) is 15.8. The maximum atomic E-state index is 13.0. The third-order valence-corrected chi connectivity index (χ3v) is 6.50. The van der Waals surface area contributed by atoms with E-state index in [0.717, 1.165) is 18.2 Å². The van der Waals surface area contributed by atoms with Crippen LogP contribution in [0.1, 0.15) is 12.8 Å². The second-order valence-electron chi connectivity index (χ2n) is 5.10. The standard InChI is InChI=1S/C13H14ClFO5S/c14-11-4-8(15)1-2-12(11)21(19,20)9-3-7(6-16)10(5-9)13(17)18/h1-2,4,7,9-10,16H,3,5-6H2,(H,17,18). The van der Waals surface area contributed by atoms with Crippen molar-refractivity contribution in [2.24, 2.45) is 11.8 Å². The van der Waals surface area contributed by atoms with Gasteiger partial charge in [0.15, 0.2) is 9.84 Å². The van der Waals surface area contributed by atoms with E-state index >= 15 is 0 Å². The Morgan fingerprint density at radius 3 is 2.52 bits per heavy atom. The number of carbonyl (C=O) groups is 1. The van der Waals surface area contributed by atoms with Gasteiger partial charge in [-0.05, 0) is 37.0 Å². The number of hydrogen-bond donors (Lipinski definition) is 2. The maximum absolute atomic E-state index is 13.0. The molecule has 1 aromatic rings. The van der Waals surface area contributed by atoms with Gasteiger partial charge in [-0.25, -0.2) is 12.8 Å². The number of aliphatic carboxylic acids is 1. The number of benzene rings is 1. The van der Waals surface area contributed by atoms with E-state index in [9.17, 15) is 22.7 Å². The Bertz CT molecular complexity index is 661. The van der Waals surface area contributed by atoms with Gasteiger partial charge >= 0.3 is 5.97 Å². The van der Waals surface area contributed by atoms with Gasteiger partial charge in [0.05, 0.1) is 21.1 Å². The third kappa shape index (κ3) is 3.04. The van der Waals surface area contributed by atoms with Gasteiger partial charge in [-0.15, -0.1) is 0 Å². The van der Waals surface area contributed by atoms with E-state index in [1.165, 1.54) is 0 Å². The molecule has 116 valence electrons. The second-order valence-corrected chi connectivity index (χ2v) is 7.70. The summed E-state index contributed by atoms with van der Waals surface area (Å²) >= 11 is 5.78. The Balaban J connectivity index is 2.35. The molecule has 21 heavy (non-hydrogen) atoms. The first-order valence-corrected chi connectivity index (χ1v) is 8.22. The van der Waals surface area contributed by atoms with E-state index in [0.29, 0.717) is 0 Å². The van der Waals surface area contributed by atoms with Crippen LogP contribution in [0.2, 0.25) is 5.02 Å². The van der Waals surface area contributed by atoms with Gasteiger partial charge in [0.1, 0.15) is 5.82 Å². The van der Waals surface area contributed by atoms with Crippen LogP contribution in [0.25, 0.3) is 0 Å². The van der Waals surface area contributed by atoms with Crippen molar-refractivity contribution >= 4 is 27.4 Å². The van der Waals surface area contributed by atoms with Gasteiger partial charge in [-0.2, -0.15) is 0 Å². The summed E-state index contributed by atoms with van der Waals surface area (Å²) in [6.45, 7) is -0.389. The smallest absolute Gasteiger partial charge is 0.306 e. The van der Waals surface area contributed by atoms with Crippen LogP contribution in [-0.4, -0.2) is 36.5 Å². The summed E-state index contributed by atoms with van der Waals surface area (Å²) in [5.41, 5.74) is 0. The number of aliphatic hydroxyl groups is 1. The van der Waals surface area contributed by atoms with E-state index < -0.39 is 38.7 Å². The van der Waals surface area contributed by atoms with Crippen molar-refractivity contribution in [2.45, 2.75) is 23.0 Å². The molecule has 0 spiro atoms. The summed E-state index contributed by atoms with van der Waals surface area (Å²) in [4.78, 5) is 10.9. The molecular weight excluding hydrogens is 323 g/mol. The van der Waals surface area contributed by atoms with E-state index in [1.54, 1.807) is 0 Å². The van der Waals surface area contributed by atoms with Crippen molar-refractivity contribution in [1.29, 1.82) is 0 Å². The Kier molecular flexibility index (Phi) is 4.55. The lowest BCUT2D eigenvalue weighted by Crippen LogP contribution is -2.21. The van der Waals surface area contributed by atoms with Gasteiger partial charge in [-0.1, -0.05) is 11.6 Å². The van der Waals surface area contributed by atoms with E-state index in [1.807, 2.05) is 0 Å². The zero-order valence-corrected chi connectivity index (χ0v) is 12.4. The summed E-state index contributed by atoms with van der Waals surface area (Å²) in [5, 5.41) is 17.1. The Morgan fingerprint density at radius 2 is 2.05 bits per heavy atom. The highest BCUT2D eigenvalue weighted by Crippen LogP contribution is 2.39. The molecule has 0 bridgehead atoms. The monoisotopic (exact) mass is 336 g/mol. The summed E-state index contributed by atoms with van der Waals surface area (Å²) in [6.07, 6.45) is -0.0416. The molecule has 1 aliphatic rings. The van der Waals surface area contributed by atoms with Gasteiger partial charge in [0.2, 0.25) is 0 Å². The molecule has 2 N–H and O–H groups in total. The van der Waals surface area contributed by atoms with Crippen molar-refractivity contribution in [3.05, 3.63) is 29.0 Å². The van der Waals surface area contributed by atoms with Crippen LogP contribution < -0.4 is 0 Å². The maximum Gasteiger partial charge on any atom is 0.306 e. The normalized spacial score (nSPS) is 26.0. The lowest BCUT2D eigenvalue weighted by atomic mass is 9.97. The molecule has 1 saturated carbocycles. The van der Waals surface area contributed by atoms with E-state index in [-0.39, 0.29) is 29.4 Å². The first-order chi connectivity index (χ1) is 9.77. The van der Waals surface area contributed by atoms with Crippen LogP contribution >= 0.6 is 11.6 Å². The molecular formula is C13H14ClFO5S. The predicted octanol–water partition coefficient (Wildman–Crippen LogP) is 1.72. The molecule has 8 heteroatoms. The average molecular weight is 337 g/mol. The third-order valence-electron chi connectivity index (χ3n) is 3.84. The summed E-state index contributed by atoms with van der Waals surface area (Å²) in [7, 11) is -3.87. The van der Waals surface area contributed by atoms with Gasteiger partial charge in [-0.3, -0.25) is 4.79 Å². The molecule has 1 aromatic carbocycles. The molecule has 2 rings (SSSR count). The first-order valence-electron chi connectivity index (χ1n) is 6.30. The van der Waals surface area contributed by atoms with Crippen LogP contribution in [0.4, 0.5) is 4.39 Å². The Labute approximate surface area is 126 Å². The van der Waals surface area contributed by atoms with Crippen LogP contribution in [0, 0.1) is 17.7 Å². The summed E-state index contributed by atoms with van der Waals surface area (Å²) in [5.74, 6) is -3.30. The number of hydrogen-bond acceptors (Lipinski definition) is 4. The van der Waals surface area contributed by atoms with Crippen LogP contribution in [-0.2, 0) is 14.6 Å². The number of halogens is 2. The van der Waals surface area contributed by atoms with Crippen LogP contribution in [0.15, 0.2) is 23.1 Å². The van der Waals surface area contributed by atoms with Gasteiger partial charge in [0.25, 0.3) is 0 Å². The van der Waals surface area contributed by atoms with Crippen molar-refractivity contribution < 1.29 is 27.8 Å². The van der Waals surface area contributed by atoms with Gasteiger partial charge in [0, 0.05) is 6.61 Å². The molecule has 0 saturated heterocycles. The Morgan fingerprint density at radius 1 is 1.38 bits per heavy atom. The number of rotatable bonds is 4. The van der Waals surface area contributed by atoms with Crippen molar-refractivity contribution in [3.63, 3.8) is 0 Å². The SMILES string of the molecule is O=C(O)C1CC(S(=O)(=O)c2ccc(F)cc2Cl)CC1CO. The van der Waals surface area contributed by atoms with Crippen molar-refractivity contribution in [3.8, 4) is 0 Å². The number of carboxylic acid groups (broad SMARTS) is 1. The molecule has 3 atom stereocenters. The molecule has 0 radical (unpaired) electrons. The van der Waals surface area contributed by atoms with E-state index in [2.05, 4.69) is 0 Å². The zero-order valence-electron chi connectivity index (χ0n) is 10.9. The molecule has 0 amide bonds. The number of carboxylic acids is 1. The molecule has 0 aromatic heterocycles. The highest BCUT2D eigenvalue weighted by Gasteiger charge is 2.44. The van der Waals surface area contributed by atoms with Crippen molar-refractivity contribution in [1.82, 2.24) is 0 Å². The molecule has 1 fully saturated rings. The summed E-state index contributed by atoms with van der Waals surface area (Å²) < 4.78 is 38.0. The fraction of sp³-hybridized carbons (Fsp3) is 0.462. The molecule has 0 heterocycles. The highest BCUT2D eigenvalue weighted by molar-refractivity contribution is 7.92. The topological polar surface area (TPSA) is 91.7 Å². The lowest BCUT2D eigenvalue weighted by molar-refractivity contribution is -0.143. The molecule has 1 aliphatic carbocycles. The fourth-order valence-electron chi connectivity index (χ4n) is 2.72. The number of aliphatic hydroxyl groups excluding tert-OH is 1. The molecule has 3 unspecified atom stereocenters. The first kappa shape index (κ1) is 16.2. The quantitative estimate of drug-likeness (QED) is 0.817. The second kappa shape index (κ2) is 5.90. The molecule has 5 nitrogen and oxygen atoms in total. The highest BCUT2D eigenvalue weighted by atomic mass is 35.5. The average Bonchev–Trinajstić information content (AvgIpc) is 2.83. The fourth-order valence-corrected chi connectivity index (χ4v) is 5.12. The minimum absolute atomic E-state index is 0.0451. The van der Waals surface area contributed by atoms with E-state index in [4.69, 9.17) is 16.7 Å². The predicted molar refractivity (Wildman–Crippen MR) is 73.3 cm³/mol. The summed E-state index contributed by atoms with van der Waals surface area (Å²) in [6, 6.07) is 2.97. The van der Waals surface area contributed by atoms with Gasteiger partial charge < -0.3 is 10.2 Å². The van der Waals surface area contributed by atoms with Crippen LogP contribution in [0.3, 0.4) is 0 Å².